The number of nitrogens with zero attached hydrogens (tertiary/aromatic N) is 3. The van der Waals surface area contributed by atoms with E-state index in [1.807, 2.05) is 49.4 Å². The minimum atomic E-state index is -5.12. The summed E-state index contributed by atoms with van der Waals surface area (Å²) in [5.41, 5.74) is 0.723. The van der Waals surface area contributed by atoms with E-state index in [1.54, 1.807) is 0 Å². The Balaban J connectivity index is 1.45. The van der Waals surface area contributed by atoms with Crippen molar-refractivity contribution in [2.24, 2.45) is 5.92 Å². The fraction of sp³-hybridized carbons (Fsp3) is 0.483. The van der Waals surface area contributed by atoms with Gasteiger partial charge in [0.2, 0.25) is 17.7 Å². The number of amides is 1. The van der Waals surface area contributed by atoms with Gasteiger partial charge in [0.1, 0.15) is 32.0 Å². The summed E-state index contributed by atoms with van der Waals surface area (Å²) in [6.07, 6.45) is -1.26. The van der Waals surface area contributed by atoms with E-state index < -0.39 is 34.7 Å². The number of aromatic nitrogens is 2. The number of carbonyl (C=O) groups excluding carboxylic acids is 3. The highest BCUT2D eigenvalue weighted by Gasteiger charge is 2.50. The highest BCUT2D eigenvalue weighted by Crippen LogP contribution is 2.30. The molecule has 9 nitrogen and oxygen atoms in total. The zero-order chi connectivity index (χ0) is 29.6. The van der Waals surface area contributed by atoms with E-state index in [0.717, 1.165) is 29.2 Å². The number of unbranched alkanes of at least 4 members (excludes halogenated alkanes) is 2. The lowest BCUT2D eigenvalue weighted by Crippen LogP contribution is -2.47. The fourth-order valence-corrected chi connectivity index (χ4v) is 5.01. The number of Topliss-reactive ketones (excluding diaryl/α,β-unsaturated/α-hetero) is 1. The van der Waals surface area contributed by atoms with E-state index in [2.05, 4.69) is 20.4 Å². The topological polar surface area (TPSA) is 111 Å². The van der Waals surface area contributed by atoms with Crippen molar-refractivity contribution in [2.75, 3.05) is 20.1 Å². The molecule has 2 heterocycles. The van der Waals surface area contributed by atoms with Crippen LogP contribution in [0, 0.1) is 5.92 Å². The van der Waals surface area contributed by atoms with E-state index in [4.69, 9.17) is 4.42 Å². The quantitative estimate of drug-likeness (QED) is 0.225. The molecule has 1 amide bonds. The molecule has 3 atom stereocenters. The number of carbonyl (C=O) groups is 3. The number of quaternary nitrogens is 1. The molecule has 0 spiro atoms. The Bertz CT molecular complexity index is 1390. The molecule has 0 bridgehead atoms. The van der Waals surface area contributed by atoms with Gasteiger partial charge in [-0.3, -0.25) is 14.4 Å². The second-order valence-electron chi connectivity index (χ2n) is 10.6. The van der Waals surface area contributed by atoms with Gasteiger partial charge in [-0.15, -0.1) is 14.8 Å². The first-order chi connectivity index (χ1) is 19.5. The number of likely N-dealkylation sites (tertiary alicyclic amines) is 1. The summed E-state index contributed by atoms with van der Waals surface area (Å²) < 4.78 is 43.5. The number of hydrogen-bond acceptors (Lipinski definition) is 7. The third kappa shape index (κ3) is 7.90. The summed E-state index contributed by atoms with van der Waals surface area (Å²) in [7, 11) is 1.35. The first-order valence-electron chi connectivity index (χ1n) is 13.8. The molecule has 12 heteroatoms. The van der Waals surface area contributed by atoms with Gasteiger partial charge in [0.25, 0.3) is 0 Å². The molecule has 0 saturated carbocycles. The van der Waals surface area contributed by atoms with Gasteiger partial charge in [-0.05, 0) is 35.7 Å². The number of hydroxylamine groups is 3. The number of alkyl halides is 3. The zero-order valence-electron chi connectivity index (χ0n) is 23.1. The lowest BCUT2D eigenvalue weighted by atomic mass is 10.0. The monoisotopic (exact) mass is 575 g/mol. The maximum absolute atomic E-state index is 13.2. The van der Waals surface area contributed by atoms with Crippen LogP contribution in [0.2, 0.25) is 0 Å². The van der Waals surface area contributed by atoms with E-state index >= 15 is 0 Å². The average molecular weight is 576 g/mol. The molecule has 1 aliphatic rings. The third-order valence-corrected chi connectivity index (χ3v) is 7.36. The molecule has 0 radical (unpaired) electrons. The smallest absolute Gasteiger partial charge is 0.418 e. The number of fused-ring (bicyclic) bond motifs is 1. The van der Waals surface area contributed by atoms with Crippen LogP contribution in [0.3, 0.4) is 0 Å². The normalized spacial score (nSPS) is 19.7. The van der Waals surface area contributed by atoms with Crippen LogP contribution >= 0.6 is 0 Å². The third-order valence-electron chi connectivity index (χ3n) is 7.36. The molecule has 220 valence electrons. The van der Waals surface area contributed by atoms with E-state index in [1.165, 1.54) is 7.05 Å². The Kier molecular flexibility index (Phi) is 9.42. The van der Waals surface area contributed by atoms with Gasteiger partial charge in [0.05, 0.1) is 5.92 Å². The first kappa shape index (κ1) is 30.2. The summed E-state index contributed by atoms with van der Waals surface area (Å²) in [6, 6.07) is 13.0. The Morgan fingerprint density at radius 3 is 2.59 bits per heavy atom. The predicted octanol–water partition coefficient (Wildman–Crippen LogP) is 5.46. The van der Waals surface area contributed by atoms with Crippen LogP contribution in [0.1, 0.15) is 63.8 Å². The van der Waals surface area contributed by atoms with Crippen LogP contribution in [0.25, 0.3) is 22.2 Å². The Morgan fingerprint density at radius 1 is 1.10 bits per heavy atom. The highest BCUT2D eigenvalue weighted by molar-refractivity contribution is 5.86. The first-order valence-corrected chi connectivity index (χ1v) is 13.8. The van der Waals surface area contributed by atoms with E-state index in [0.29, 0.717) is 31.6 Å². The molecule has 4 rings (SSSR count). The van der Waals surface area contributed by atoms with Crippen LogP contribution in [0.4, 0.5) is 13.2 Å². The minimum Gasteiger partial charge on any atom is -0.418 e. The van der Waals surface area contributed by atoms with Crippen LogP contribution in [-0.2, 0) is 19.2 Å². The van der Waals surface area contributed by atoms with Crippen molar-refractivity contribution >= 4 is 28.4 Å². The van der Waals surface area contributed by atoms with Gasteiger partial charge in [0, 0.05) is 24.8 Å². The minimum absolute atomic E-state index is 0.0721. The largest absolute Gasteiger partial charge is 0.497 e. The van der Waals surface area contributed by atoms with Crippen LogP contribution in [0.15, 0.2) is 46.9 Å². The Hall–Kier alpha value is -3.80. The summed E-state index contributed by atoms with van der Waals surface area (Å²) in [4.78, 5) is 40.9. The van der Waals surface area contributed by atoms with Gasteiger partial charge in [-0.25, -0.2) is 4.79 Å². The molecular formula is C29H34F3N4O5+. The van der Waals surface area contributed by atoms with E-state index in [9.17, 15) is 27.6 Å². The molecule has 3 aromatic rings. The molecule has 41 heavy (non-hydrogen) atoms. The second-order valence-corrected chi connectivity index (χ2v) is 10.6. The summed E-state index contributed by atoms with van der Waals surface area (Å²) in [5, 5.41) is 13.4. The van der Waals surface area contributed by atoms with Gasteiger partial charge < -0.3 is 9.73 Å². The number of benzene rings is 2. The van der Waals surface area contributed by atoms with Crippen LogP contribution < -0.4 is 5.32 Å². The maximum Gasteiger partial charge on any atom is 0.497 e. The van der Waals surface area contributed by atoms with Crippen molar-refractivity contribution in [1.29, 1.82) is 0 Å². The Labute approximate surface area is 235 Å². The number of nitrogens with one attached hydrogen (secondary N) is 1. The summed E-state index contributed by atoms with van der Waals surface area (Å²) in [6.45, 7) is 1.81. The lowest BCUT2D eigenvalue weighted by Gasteiger charge is -2.26. The fourth-order valence-electron chi connectivity index (χ4n) is 5.01. The number of ketones is 1. The number of halogens is 3. The molecule has 1 aromatic heterocycles. The molecule has 0 aliphatic carbocycles. The molecular weight excluding hydrogens is 541 g/mol. The van der Waals surface area contributed by atoms with Crippen molar-refractivity contribution in [1.82, 2.24) is 15.5 Å². The SMILES string of the molecule is CCC(=O)CCCCC[C@H](NC(=O)[C@@H]1CC[N+](C)(OC(=O)C(F)(F)F)C1)c1nnc(-c2ccc3ccccc3c2)o1. The highest BCUT2D eigenvalue weighted by atomic mass is 19.4. The maximum atomic E-state index is 13.2. The summed E-state index contributed by atoms with van der Waals surface area (Å²) in [5.74, 6) is -2.65. The van der Waals surface area contributed by atoms with Gasteiger partial charge in [-0.1, -0.05) is 50.1 Å². The van der Waals surface area contributed by atoms with Crippen molar-refractivity contribution in [3.05, 3.63) is 48.4 Å². The van der Waals surface area contributed by atoms with Crippen molar-refractivity contribution in [2.45, 2.75) is 64.1 Å². The molecule has 1 aliphatic heterocycles. The van der Waals surface area contributed by atoms with Gasteiger partial charge in [-0.2, -0.15) is 13.2 Å². The molecule has 1 fully saturated rings. The number of rotatable bonds is 12. The average Bonchev–Trinajstić information content (AvgIpc) is 3.59. The predicted molar refractivity (Wildman–Crippen MR) is 143 cm³/mol. The lowest BCUT2D eigenvalue weighted by molar-refractivity contribution is -1.07. The number of hydrogen-bond donors (Lipinski definition) is 1. The van der Waals surface area contributed by atoms with Crippen molar-refractivity contribution in [3.63, 3.8) is 0 Å². The van der Waals surface area contributed by atoms with Gasteiger partial charge in [0.15, 0.2) is 0 Å². The molecule has 2 aromatic carbocycles. The summed E-state index contributed by atoms with van der Waals surface area (Å²) >= 11 is 0. The molecule has 1 N–H and O–H groups in total. The molecule has 1 saturated heterocycles. The standard InChI is InChI=1S/C29H33F3N4O5/c1-3-23(37)11-5-4-6-12-24(33-25(38)22-15-16-36(2,18-22)41-28(39)29(30,31)32)27-35-34-26(40-27)21-14-13-19-9-7-8-10-20(19)17-21/h7-10,13-14,17,22,24H,3-6,11-12,15-16,18H2,1-2H3/p+1/t22-,24+,36?/m1/s1. The van der Waals surface area contributed by atoms with Crippen molar-refractivity contribution < 1.29 is 41.5 Å². The second kappa shape index (κ2) is 12.8. The van der Waals surface area contributed by atoms with Crippen molar-refractivity contribution in [3.8, 4) is 11.5 Å². The Morgan fingerprint density at radius 2 is 1.85 bits per heavy atom. The van der Waals surface area contributed by atoms with E-state index in [-0.39, 0.29) is 31.2 Å². The zero-order valence-corrected chi connectivity index (χ0v) is 23.1. The van der Waals surface area contributed by atoms with Crippen LogP contribution in [0.5, 0.6) is 0 Å². The van der Waals surface area contributed by atoms with Crippen LogP contribution in [-0.4, -0.2) is 58.8 Å². The molecule has 1 unspecified atom stereocenters. The van der Waals surface area contributed by atoms with Gasteiger partial charge >= 0.3 is 12.1 Å².